The van der Waals surface area contributed by atoms with Crippen LogP contribution >= 0.6 is 0 Å². The van der Waals surface area contributed by atoms with E-state index in [0.717, 1.165) is 23.7 Å². The van der Waals surface area contributed by atoms with Gasteiger partial charge in [-0.25, -0.2) is 8.42 Å². The normalized spacial score (nSPS) is 27.6. The van der Waals surface area contributed by atoms with E-state index in [9.17, 15) is 8.42 Å². The van der Waals surface area contributed by atoms with Crippen LogP contribution < -0.4 is 10.2 Å². The Morgan fingerprint density at radius 1 is 1.00 bits per heavy atom. The molecule has 2 aliphatic rings. The standard InChI is InChI=1S/C20H25N2O2S/c1-22(2)19-10-8-14(21)12-17(19)18-13-16(9-11-20(18)22)25(23,24)15-6-4-3-5-7-15/h3-7,9,11,13-14,17,19H,8,10,12,21H2,1-2H3/q+1/t14-,17?,19?/m1/s1. The van der Waals surface area contributed by atoms with Crippen LogP contribution in [0.15, 0.2) is 58.3 Å². The lowest BCUT2D eigenvalue weighted by atomic mass is 9.80. The van der Waals surface area contributed by atoms with Gasteiger partial charge in [0.1, 0.15) is 11.7 Å². The van der Waals surface area contributed by atoms with Crippen LogP contribution in [0.5, 0.6) is 0 Å². The molecular weight excluding hydrogens is 332 g/mol. The summed E-state index contributed by atoms with van der Waals surface area (Å²) < 4.78 is 26.8. The molecule has 0 amide bonds. The van der Waals surface area contributed by atoms with Crippen LogP contribution in [-0.2, 0) is 9.84 Å². The molecule has 0 aromatic heterocycles. The van der Waals surface area contributed by atoms with Crippen molar-refractivity contribution >= 4 is 15.5 Å². The average Bonchev–Trinajstić information content (AvgIpc) is 2.82. The van der Waals surface area contributed by atoms with Gasteiger partial charge in [0.15, 0.2) is 0 Å². The second kappa shape index (κ2) is 5.66. The van der Waals surface area contributed by atoms with E-state index in [1.54, 1.807) is 30.3 Å². The highest BCUT2D eigenvalue weighted by molar-refractivity contribution is 7.91. The molecule has 0 saturated heterocycles. The highest BCUT2D eigenvalue weighted by atomic mass is 32.2. The molecule has 4 rings (SSSR count). The van der Waals surface area contributed by atoms with E-state index in [1.807, 2.05) is 18.2 Å². The summed E-state index contributed by atoms with van der Waals surface area (Å²) in [5.41, 5.74) is 8.63. The molecule has 2 aromatic rings. The van der Waals surface area contributed by atoms with Gasteiger partial charge in [0.25, 0.3) is 0 Å². The molecule has 4 nitrogen and oxygen atoms in total. The lowest BCUT2D eigenvalue weighted by molar-refractivity contribution is 0.217. The first-order valence-corrected chi connectivity index (χ1v) is 10.3. The fraction of sp³-hybridized carbons (Fsp3) is 0.400. The molecule has 1 fully saturated rings. The Bertz CT molecular complexity index is 907. The van der Waals surface area contributed by atoms with Gasteiger partial charge < -0.3 is 5.73 Å². The van der Waals surface area contributed by atoms with Gasteiger partial charge in [0.2, 0.25) is 9.84 Å². The third kappa shape index (κ3) is 2.53. The molecule has 2 N–H and O–H groups in total. The topological polar surface area (TPSA) is 60.2 Å². The Kier molecular flexibility index (Phi) is 3.79. The SMILES string of the molecule is C[N+]1(C)c2ccc(S(=O)(=O)c3ccccc3)cc2C2C[C@H](N)CCC21. The smallest absolute Gasteiger partial charge is 0.206 e. The molecular formula is C20H25N2O2S+. The van der Waals surface area contributed by atoms with E-state index in [-0.39, 0.29) is 6.04 Å². The first kappa shape index (κ1) is 16.8. The largest absolute Gasteiger partial charge is 0.328 e. The molecule has 1 aliphatic carbocycles. The van der Waals surface area contributed by atoms with Crippen LogP contribution in [-0.4, -0.2) is 34.6 Å². The molecule has 5 heteroatoms. The third-order valence-corrected chi connectivity index (χ3v) is 7.83. The van der Waals surface area contributed by atoms with Crippen molar-refractivity contribution in [2.75, 3.05) is 14.1 Å². The minimum atomic E-state index is -3.49. The molecule has 3 atom stereocenters. The zero-order valence-electron chi connectivity index (χ0n) is 14.7. The molecule has 0 spiro atoms. The zero-order chi connectivity index (χ0) is 17.8. The second-order valence-electron chi connectivity index (χ2n) is 7.82. The maximum atomic E-state index is 13.0. The minimum absolute atomic E-state index is 0.210. The molecule has 2 aromatic carbocycles. The van der Waals surface area contributed by atoms with Gasteiger partial charge in [-0.1, -0.05) is 18.2 Å². The number of nitrogens with zero attached hydrogens (tertiary/aromatic N) is 1. The Morgan fingerprint density at radius 2 is 1.72 bits per heavy atom. The van der Waals surface area contributed by atoms with E-state index >= 15 is 0 Å². The van der Waals surface area contributed by atoms with E-state index in [1.165, 1.54) is 11.3 Å². The Morgan fingerprint density at radius 3 is 2.44 bits per heavy atom. The monoisotopic (exact) mass is 357 g/mol. The summed E-state index contributed by atoms with van der Waals surface area (Å²) in [6.45, 7) is 0. The van der Waals surface area contributed by atoms with Gasteiger partial charge in [-0.3, -0.25) is 4.48 Å². The maximum Gasteiger partial charge on any atom is 0.206 e. The number of rotatable bonds is 2. The van der Waals surface area contributed by atoms with Crippen molar-refractivity contribution in [1.29, 1.82) is 0 Å². The van der Waals surface area contributed by atoms with Crippen LogP contribution in [0.1, 0.15) is 30.7 Å². The number of fused-ring (bicyclic) bond motifs is 3. The molecule has 2 unspecified atom stereocenters. The summed E-state index contributed by atoms with van der Waals surface area (Å²) in [5, 5.41) is 0. The average molecular weight is 357 g/mol. The number of quaternary nitrogens is 1. The summed E-state index contributed by atoms with van der Waals surface area (Å²) in [6.07, 6.45) is 3.08. The van der Waals surface area contributed by atoms with Crippen LogP contribution in [0.3, 0.4) is 0 Å². The van der Waals surface area contributed by atoms with Gasteiger partial charge >= 0.3 is 0 Å². The van der Waals surface area contributed by atoms with Crippen molar-refractivity contribution in [2.45, 2.75) is 47.1 Å². The molecule has 25 heavy (non-hydrogen) atoms. The quantitative estimate of drug-likeness (QED) is 0.841. The summed E-state index contributed by atoms with van der Waals surface area (Å²) in [7, 11) is 0.968. The fourth-order valence-corrected chi connectivity index (χ4v) is 6.05. The van der Waals surface area contributed by atoms with E-state index < -0.39 is 9.84 Å². The van der Waals surface area contributed by atoms with Crippen molar-refractivity contribution in [3.8, 4) is 0 Å². The number of benzene rings is 2. The van der Waals surface area contributed by atoms with Gasteiger partial charge in [0.05, 0.1) is 23.9 Å². The summed E-state index contributed by atoms with van der Waals surface area (Å²) >= 11 is 0. The fourth-order valence-electron chi connectivity index (χ4n) is 4.73. The lowest BCUT2D eigenvalue weighted by Gasteiger charge is -2.38. The number of likely N-dealkylation sites (N-methyl/N-ethyl adjacent to an activating group) is 1. The van der Waals surface area contributed by atoms with Crippen molar-refractivity contribution in [3.05, 3.63) is 54.1 Å². The molecule has 1 aliphatic heterocycles. The second-order valence-corrected chi connectivity index (χ2v) is 9.77. The van der Waals surface area contributed by atoms with Crippen molar-refractivity contribution in [3.63, 3.8) is 0 Å². The van der Waals surface area contributed by atoms with Crippen molar-refractivity contribution in [2.24, 2.45) is 5.73 Å². The van der Waals surface area contributed by atoms with Gasteiger partial charge in [-0.15, -0.1) is 0 Å². The van der Waals surface area contributed by atoms with Crippen LogP contribution in [0, 0.1) is 0 Å². The lowest BCUT2D eigenvalue weighted by Crippen LogP contribution is -2.51. The molecule has 1 saturated carbocycles. The van der Waals surface area contributed by atoms with E-state index in [2.05, 4.69) is 14.1 Å². The minimum Gasteiger partial charge on any atom is -0.328 e. The van der Waals surface area contributed by atoms with E-state index in [4.69, 9.17) is 5.73 Å². The van der Waals surface area contributed by atoms with Gasteiger partial charge in [-0.2, -0.15) is 0 Å². The van der Waals surface area contributed by atoms with E-state index in [0.29, 0.717) is 21.8 Å². The number of hydrogen-bond donors (Lipinski definition) is 1. The highest BCUT2D eigenvalue weighted by Crippen LogP contribution is 2.50. The van der Waals surface area contributed by atoms with Crippen LogP contribution in [0.4, 0.5) is 5.69 Å². The number of sulfone groups is 1. The maximum absolute atomic E-state index is 13.0. The molecule has 132 valence electrons. The number of nitrogens with two attached hydrogens (primary N) is 1. The van der Waals surface area contributed by atoms with Gasteiger partial charge in [0, 0.05) is 30.0 Å². The predicted molar refractivity (Wildman–Crippen MR) is 100 cm³/mol. The first-order valence-electron chi connectivity index (χ1n) is 8.85. The first-order chi connectivity index (χ1) is 11.8. The summed E-state index contributed by atoms with van der Waals surface area (Å²) in [5.74, 6) is 0.347. The Balaban J connectivity index is 1.83. The Hall–Kier alpha value is -1.69. The highest BCUT2D eigenvalue weighted by Gasteiger charge is 2.50. The zero-order valence-corrected chi connectivity index (χ0v) is 15.5. The van der Waals surface area contributed by atoms with Crippen LogP contribution in [0.2, 0.25) is 0 Å². The van der Waals surface area contributed by atoms with Crippen molar-refractivity contribution < 1.29 is 8.42 Å². The predicted octanol–water partition coefficient (Wildman–Crippen LogP) is 3.06. The van der Waals surface area contributed by atoms with Gasteiger partial charge in [-0.05, 0) is 37.1 Å². The summed E-state index contributed by atoms with van der Waals surface area (Å²) in [6, 6.07) is 15.0. The Labute approximate surface area is 149 Å². The summed E-state index contributed by atoms with van der Waals surface area (Å²) in [4.78, 5) is 0.732. The molecule has 0 bridgehead atoms. The third-order valence-electron chi connectivity index (χ3n) is 6.07. The number of hydrogen-bond acceptors (Lipinski definition) is 3. The molecule has 0 radical (unpaired) electrons. The molecule has 1 heterocycles. The van der Waals surface area contributed by atoms with Crippen LogP contribution in [0.25, 0.3) is 0 Å². The van der Waals surface area contributed by atoms with Crippen molar-refractivity contribution in [1.82, 2.24) is 4.48 Å².